The second-order valence-electron chi connectivity index (χ2n) is 6.09. The van der Waals surface area contributed by atoms with Gasteiger partial charge in [-0.15, -0.1) is 10.2 Å². The minimum atomic E-state index is 0.0610. The van der Waals surface area contributed by atoms with Crippen LogP contribution in [0.2, 0.25) is 0 Å². The highest BCUT2D eigenvalue weighted by Crippen LogP contribution is 2.41. The Morgan fingerprint density at radius 2 is 2.04 bits per heavy atom. The van der Waals surface area contributed by atoms with Crippen molar-refractivity contribution in [1.82, 2.24) is 19.7 Å². The number of carbonyl (C=O) groups is 1. The van der Waals surface area contributed by atoms with Crippen LogP contribution in [0.3, 0.4) is 0 Å². The summed E-state index contributed by atoms with van der Waals surface area (Å²) >= 11 is 1.43. The van der Waals surface area contributed by atoms with E-state index >= 15 is 0 Å². The molecule has 1 saturated carbocycles. The minimum absolute atomic E-state index is 0.0610. The van der Waals surface area contributed by atoms with E-state index in [1.807, 2.05) is 12.1 Å². The molecule has 0 saturated heterocycles. The van der Waals surface area contributed by atoms with Crippen molar-refractivity contribution in [1.29, 1.82) is 0 Å². The maximum absolute atomic E-state index is 12.5. The number of ketones is 1. The molecule has 1 aliphatic rings. The molecular formula is C19H18N4O2S. The van der Waals surface area contributed by atoms with Crippen molar-refractivity contribution in [2.24, 2.45) is 0 Å². The van der Waals surface area contributed by atoms with E-state index < -0.39 is 0 Å². The van der Waals surface area contributed by atoms with Crippen molar-refractivity contribution in [2.75, 3.05) is 12.9 Å². The van der Waals surface area contributed by atoms with Gasteiger partial charge in [0.05, 0.1) is 12.9 Å². The Hall–Kier alpha value is -2.67. The summed E-state index contributed by atoms with van der Waals surface area (Å²) in [7, 11) is 1.61. The maximum Gasteiger partial charge on any atom is 0.192 e. The number of nitrogens with zero attached hydrogens (tertiary/aromatic N) is 4. The lowest BCUT2D eigenvalue weighted by Gasteiger charge is -2.08. The van der Waals surface area contributed by atoms with E-state index in [4.69, 9.17) is 4.74 Å². The molecule has 0 amide bonds. The van der Waals surface area contributed by atoms with E-state index in [9.17, 15) is 4.79 Å². The SMILES string of the molecule is COc1ccc(C(=O)CSc2nnc(-c3cccnc3)n2C2CC2)cc1. The second kappa shape index (κ2) is 7.29. The van der Waals surface area contributed by atoms with Crippen LogP contribution in [0.25, 0.3) is 11.4 Å². The number of aromatic nitrogens is 4. The zero-order chi connectivity index (χ0) is 17.9. The molecule has 1 fully saturated rings. The lowest BCUT2D eigenvalue weighted by molar-refractivity contribution is 0.102. The normalized spacial score (nSPS) is 13.6. The summed E-state index contributed by atoms with van der Waals surface area (Å²) in [5.74, 6) is 1.94. The van der Waals surface area contributed by atoms with E-state index in [-0.39, 0.29) is 5.78 Å². The van der Waals surface area contributed by atoms with Gasteiger partial charge in [-0.2, -0.15) is 0 Å². The van der Waals surface area contributed by atoms with Crippen LogP contribution in [0, 0.1) is 0 Å². The van der Waals surface area contributed by atoms with Gasteiger partial charge in [0.2, 0.25) is 0 Å². The summed E-state index contributed by atoms with van der Waals surface area (Å²) in [4.78, 5) is 16.6. The van der Waals surface area contributed by atoms with Crippen LogP contribution in [-0.2, 0) is 0 Å². The molecule has 26 heavy (non-hydrogen) atoms. The summed E-state index contributed by atoms with van der Waals surface area (Å²) in [6, 6.07) is 11.5. The van der Waals surface area contributed by atoms with Gasteiger partial charge < -0.3 is 4.74 Å². The average Bonchev–Trinajstić information content (AvgIpc) is 3.45. The molecule has 0 atom stereocenters. The summed E-state index contributed by atoms with van der Waals surface area (Å²) in [6.45, 7) is 0. The molecule has 1 aliphatic carbocycles. The van der Waals surface area contributed by atoms with E-state index in [1.165, 1.54) is 11.8 Å². The summed E-state index contributed by atoms with van der Waals surface area (Å²) in [5, 5.41) is 9.45. The molecule has 2 heterocycles. The van der Waals surface area contributed by atoms with E-state index in [0.717, 1.165) is 35.1 Å². The first-order chi connectivity index (χ1) is 12.8. The van der Waals surface area contributed by atoms with Crippen molar-refractivity contribution < 1.29 is 9.53 Å². The number of thioether (sulfide) groups is 1. The number of Topliss-reactive ketones (excluding diaryl/α,β-unsaturated/α-hetero) is 1. The van der Waals surface area contributed by atoms with Gasteiger partial charge in [0.25, 0.3) is 0 Å². The van der Waals surface area contributed by atoms with Crippen LogP contribution in [0.15, 0.2) is 53.9 Å². The summed E-state index contributed by atoms with van der Waals surface area (Å²) in [5.41, 5.74) is 1.61. The molecule has 3 aromatic rings. The molecule has 6 nitrogen and oxygen atoms in total. The number of benzene rings is 1. The lowest BCUT2D eigenvalue weighted by Crippen LogP contribution is -2.05. The Bertz CT molecular complexity index is 905. The predicted octanol–water partition coefficient (Wildman–Crippen LogP) is 3.66. The first-order valence-electron chi connectivity index (χ1n) is 8.41. The number of ether oxygens (including phenoxy) is 1. The third-order valence-electron chi connectivity index (χ3n) is 4.24. The number of hydrogen-bond donors (Lipinski definition) is 0. The fourth-order valence-corrected chi connectivity index (χ4v) is 3.62. The largest absolute Gasteiger partial charge is 0.497 e. The predicted molar refractivity (Wildman–Crippen MR) is 99.6 cm³/mol. The first-order valence-corrected chi connectivity index (χ1v) is 9.40. The molecular weight excluding hydrogens is 348 g/mol. The topological polar surface area (TPSA) is 69.9 Å². The van der Waals surface area contributed by atoms with Gasteiger partial charge in [-0.3, -0.25) is 14.3 Å². The molecule has 0 radical (unpaired) electrons. The molecule has 132 valence electrons. The standard InChI is InChI=1S/C19H18N4O2S/c1-25-16-8-4-13(5-9-16)17(24)12-26-19-22-21-18(23(19)15-6-7-15)14-3-2-10-20-11-14/h2-5,8-11,15H,6-7,12H2,1H3. The van der Waals surface area contributed by atoms with Gasteiger partial charge in [-0.25, -0.2) is 0 Å². The van der Waals surface area contributed by atoms with E-state index in [2.05, 4.69) is 19.7 Å². The minimum Gasteiger partial charge on any atom is -0.497 e. The Balaban J connectivity index is 1.51. The molecule has 0 aliphatic heterocycles. The first kappa shape index (κ1) is 16.8. The molecule has 7 heteroatoms. The van der Waals surface area contributed by atoms with Crippen molar-refractivity contribution >= 4 is 17.5 Å². The molecule has 1 aromatic carbocycles. The van der Waals surface area contributed by atoms with Gasteiger partial charge in [-0.1, -0.05) is 11.8 Å². The van der Waals surface area contributed by atoms with Gasteiger partial charge in [-0.05, 0) is 49.2 Å². The molecule has 0 spiro atoms. The number of methoxy groups -OCH3 is 1. The third-order valence-corrected chi connectivity index (χ3v) is 5.18. The third kappa shape index (κ3) is 3.48. The van der Waals surface area contributed by atoms with Crippen molar-refractivity contribution in [3.05, 3.63) is 54.4 Å². The van der Waals surface area contributed by atoms with Crippen molar-refractivity contribution in [3.63, 3.8) is 0 Å². The van der Waals surface area contributed by atoms with Gasteiger partial charge in [0, 0.05) is 29.6 Å². The zero-order valence-electron chi connectivity index (χ0n) is 14.3. The quantitative estimate of drug-likeness (QED) is 0.469. The average molecular weight is 366 g/mol. The van der Waals surface area contributed by atoms with Crippen LogP contribution >= 0.6 is 11.8 Å². The monoisotopic (exact) mass is 366 g/mol. The van der Waals surface area contributed by atoms with Gasteiger partial charge in [0.1, 0.15) is 5.75 Å². The molecule has 2 aromatic heterocycles. The molecule has 0 bridgehead atoms. The van der Waals surface area contributed by atoms with Crippen LogP contribution in [0.5, 0.6) is 5.75 Å². The summed E-state index contributed by atoms with van der Waals surface area (Å²) in [6.07, 6.45) is 5.76. The highest BCUT2D eigenvalue weighted by atomic mass is 32.2. The van der Waals surface area contributed by atoms with Crippen LogP contribution < -0.4 is 4.74 Å². The molecule has 4 rings (SSSR count). The van der Waals surface area contributed by atoms with Crippen LogP contribution in [0.1, 0.15) is 29.2 Å². The molecule has 0 unspecified atom stereocenters. The Kier molecular flexibility index (Phi) is 4.71. The fraction of sp³-hybridized carbons (Fsp3) is 0.263. The fourth-order valence-electron chi connectivity index (χ4n) is 2.72. The van der Waals surface area contributed by atoms with E-state index in [1.54, 1.807) is 43.8 Å². The zero-order valence-corrected chi connectivity index (χ0v) is 15.1. The number of hydrogen-bond acceptors (Lipinski definition) is 6. The highest BCUT2D eigenvalue weighted by molar-refractivity contribution is 7.99. The number of rotatable bonds is 7. The smallest absolute Gasteiger partial charge is 0.192 e. The van der Waals surface area contributed by atoms with Crippen molar-refractivity contribution in [2.45, 2.75) is 24.0 Å². The number of carbonyl (C=O) groups excluding carboxylic acids is 1. The van der Waals surface area contributed by atoms with E-state index in [0.29, 0.717) is 17.4 Å². The van der Waals surface area contributed by atoms with Gasteiger partial charge in [0.15, 0.2) is 16.8 Å². The van der Waals surface area contributed by atoms with Gasteiger partial charge >= 0.3 is 0 Å². The molecule has 0 N–H and O–H groups in total. The Labute approximate surface area is 155 Å². The Morgan fingerprint density at radius 1 is 1.23 bits per heavy atom. The Morgan fingerprint density at radius 3 is 2.69 bits per heavy atom. The lowest BCUT2D eigenvalue weighted by atomic mass is 10.1. The van der Waals surface area contributed by atoms with Crippen molar-refractivity contribution in [3.8, 4) is 17.1 Å². The van der Waals surface area contributed by atoms with Crippen LogP contribution in [-0.4, -0.2) is 38.4 Å². The number of pyridine rings is 1. The maximum atomic E-state index is 12.5. The summed E-state index contributed by atoms with van der Waals surface area (Å²) < 4.78 is 7.27. The highest BCUT2D eigenvalue weighted by Gasteiger charge is 2.30. The van der Waals surface area contributed by atoms with Crippen LogP contribution in [0.4, 0.5) is 0 Å². The second-order valence-corrected chi connectivity index (χ2v) is 7.03.